The first-order valence-electron chi connectivity index (χ1n) is 6.61. The van der Waals surface area contributed by atoms with Crippen LogP contribution < -0.4 is 14.8 Å². The predicted octanol–water partition coefficient (Wildman–Crippen LogP) is 2.98. The van der Waals surface area contributed by atoms with E-state index < -0.39 is 0 Å². The van der Waals surface area contributed by atoms with E-state index in [0.717, 1.165) is 22.4 Å². The highest BCUT2D eigenvalue weighted by molar-refractivity contribution is 5.70. The maximum atomic E-state index is 13.5. The van der Waals surface area contributed by atoms with Crippen molar-refractivity contribution < 1.29 is 13.9 Å². The van der Waals surface area contributed by atoms with Gasteiger partial charge in [0.05, 0.1) is 0 Å². The van der Waals surface area contributed by atoms with Crippen molar-refractivity contribution in [3.8, 4) is 22.6 Å². The van der Waals surface area contributed by atoms with Crippen LogP contribution in [0, 0.1) is 5.82 Å². The van der Waals surface area contributed by atoms with Crippen molar-refractivity contribution in [2.75, 3.05) is 20.3 Å². The molecule has 3 rings (SSSR count). The first-order valence-corrected chi connectivity index (χ1v) is 6.61. The molecule has 4 heteroatoms. The van der Waals surface area contributed by atoms with Crippen molar-refractivity contribution in [2.45, 2.75) is 6.54 Å². The zero-order valence-corrected chi connectivity index (χ0v) is 11.3. The number of ether oxygens (including phenoxy) is 2. The number of benzene rings is 2. The second-order valence-electron chi connectivity index (χ2n) is 4.69. The first kappa shape index (κ1) is 12.9. The van der Waals surface area contributed by atoms with E-state index in [-0.39, 0.29) is 5.82 Å². The van der Waals surface area contributed by atoms with Gasteiger partial charge in [-0.05, 0) is 48.0 Å². The Morgan fingerprint density at radius 3 is 2.65 bits per heavy atom. The molecule has 1 aliphatic heterocycles. The van der Waals surface area contributed by atoms with Gasteiger partial charge >= 0.3 is 0 Å². The number of hydrogen-bond acceptors (Lipinski definition) is 3. The van der Waals surface area contributed by atoms with Crippen molar-refractivity contribution in [1.82, 2.24) is 5.32 Å². The lowest BCUT2D eigenvalue weighted by Crippen LogP contribution is -2.15. The summed E-state index contributed by atoms with van der Waals surface area (Å²) in [6.07, 6.45) is 0. The molecule has 3 nitrogen and oxygen atoms in total. The van der Waals surface area contributed by atoms with Crippen LogP contribution >= 0.6 is 0 Å². The summed E-state index contributed by atoms with van der Waals surface area (Å²) in [6.45, 7) is 1.80. The molecule has 0 aromatic heterocycles. The Hall–Kier alpha value is -2.07. The zero-order chi connectivity index (χ0) is 13.9. The average molecular weight is 273 g/mol. The quantitative estimate of drug-likeness (QED) is 0.932. The molecule has 1 N–H and O–H groups in total. The van der Waals surface area contributed by atoms with Gasteiger partial charge in [0.25, 0.3) is 0 Å². The summed E-state index contributed by atoms with van der Waals surface area (Å²) >= 11 is 0. The minimum Gasteiger partial charge on any atom is -0.486 e. The number of fused-ring (bicyclic) bond motifs is 1. The molecule has 0 atom stereocenters. The third kappa shape index (κ3) is 2.47. The molecule has 0 aliphatic carbocycles. The third-order valence-corrected chi connectivity index (χ3v) is 3.29. The molecule has 0 saturated carbocycles. The topological polar surface area (TPSA) is 30.5 Å². The fourth-order valence-electron chi connectivity index (χ4n) is 2.37. The zero-order valence-electron chi connectivity index (χ0n) is 11.3. The molecule has 0 unspecified atom stereocenters. The van der Waals surface area contributed by atoms with E-state index in [0.29, 0.717) is 25.5 Å². The second-order valence-corrected chi connectivity index (χ2v) is 4.69. The van der Waals surface area contributed by atoms with Crippen molar-refractivity contribution in [3.63, 3.8) is 0 Å². The molecule has 104 valence electrons. The molecule has 1 heterocycles. The van der Waals surface area contributed by atoms with E-state index in [9.17, 15) is 4.39 Å². The first-order chi connectivity index (χ1) is 9.78. The summed E-state index contributed by atoms with van der Waals surface area (Å²) in [5, 5.41) is 3.10. The number of nitrogens with one attached hydrogen (secondary N) is 1. The molecule has 0 saturated heterocycles. The fourth-order valence-corrected chi connectivity index (χ4v) is 2.37. The third-order valence-electron chi connectivity index (χ3n) is 3.29. The Morgan fingerprint density at radius 2 is 1.85 bits per heavy atom. The van der Waals surface area contributed by atoms with Crippen LogP contribution in [-0.2, 0) is 6.54 Å². The molecule has 0 fully saturated rings. The van der Waals surface area contributed by atoms with Gasteiger partial charge in [0.15, 0.2) is 11.5 Å². The van der Waals surface area contributed by atoms with Crippen LogP contribution in [-0.4, -0.2) is 20.3 Å². The molecule has 0 radical (unpaired) electrons. The van der Waals surface area contributed by atoms with Crippen LogP contribution in [0.2, 0.25) is 0 Å². The molecule has 0 amide bonds. The summed E-state index contributed by atoms with van der Waals surface area (Å²) in [4.78, 5) is 0. The monoisotopic (exact) mass is 273 g/mol. The minimum absolute atomic E-state index is 0.241. The summed E-state index contributed by atoms with van der Waals surface area (Å²) in [7, 11) is 1.87. The van der Waals surface area contributed by atoms with Crippen molar-refractivity contribution in [1.29, 1.82) is 0 Å². The van der Waals surface area contributed by atoms with Gasteiger partial charge in [0.2, 0.25) is 0 Å². The van der Waals surface area contributed by atoms with Crippen LogP contribution in [0.4, 0.5) is 4.39 Å². The fraction of sp³-hybridized carbons (Fsp3) is 0.250. The van der Waals surface area contributed by atoms with E-state index in [1.54, 1.807) is 12.1 Å². The number of halogens is 1. The van der Waals surface area contributed by atoms with Crippen LogP contribution in [0.3, 0.4) is 0 Å². The van der Waals surface area contributed by atoms with Crippen molar-refractivity contribution in [2.24, 2.45) is 0 Å². The Kier molecular flexibility index (Phi) is 3.56. The van der Waals surface area contributed by atoms with Gasteiger partial charge in [0.1, 0.15) is 19.0 Å². The highest BCUT2D eigenvalue weighted by Crippen LogP contribution is 2.35. The lowest BCUT2D eigenvalue weighted by Gasteiger charge is -2.19. The maximum absolute atomic E-state index is 13.5. The van der Waals surface area contributed by atoms with Crippen molar-refractivity contribution >= 4 is 0 Å². The van der Waals surface area contributed by atoms with Crippen LogP contribution in [0.15, 0.2) is 36.4 Å². The smallest absolute Gasteiger partial charge is 0.161 e. The average Bonchev–Trinajstić information content (AvgIpc) is 2.49. The standard InChI is InChI=1S/C16H16FNO2/c1-18-10-12-2-4-13(17)9-14(12)11-3-5-15-16(8-11)20-7-6-19-15/h2-5,8-9,18H,6-7,10H2,1H3. The van der Waals surface area contributed by atoms with Gasteiger partial charge < -0.3 is 14.8 Å². The largest absolute Gasteiger partial charge is 0.486 e. The minimum atomic E-state index is -0.241. The summed E-state index contributed by atoms with van der Waals surface area (Å²) in [5.74, 6) is 1.22. The van der Waals surface area contributed by atoms with Crippen LogP contribution in [0.5, 0.6) is 11.5 Å². The van der Waals surface area contributed by atoms with E-state index in [1.165, 1.54) is 6.07 Å². The van der Waals surface area contributed by atoms with Gasteiger partial charge in [0, 0.05) is 6.54 Å². The normalized spacial score (nSPS) is 13.3. The highest BCUT2D eigenvalue weighted by Gasteiger charge is 2.14. The van der Waals surface area contributed by atoms with Gasteiger partial charge in [-0.25, -0.2) is 4.39 Å². The summed E-state index contributed by atoms with van der Waals surface area (Å²) < 4.78 is 24.6. The molecule has 1 aliphatic rings. The molecular formula is C16H16FNO2. The Bertz CT molecular complexity index is 628. The SMILES string of the molecule is CNCc1ccc(F)cc1-c1ccc2c(c1)OCCO2. The molecule has 0 spiro atoms. The van der Waals surface area contributed by atoms with E-state index in [1.807, 2.05) is 25.2 Å². The lowest BCUT2D eigenvalue weighted by atomic mass is 9.99. The Balaban J connectivity index is 2.05. The summed E-state index contributed by atoms with van der Waals surface area (Å²) in [6, 6.07) is 10.5. The van der Waals surface area contributed by atoms with Crippen LogP contribution in [0.25, 0.3) is 11.1 Å². The van der Waals surface area contributed by atoms with E-state index in [4.69, 9.17) is 9.47 Å². The molecule has 0 bridgehead atoms. The van der Waals surface area contributed by atoms with E-state index >= 15 is 0 Å². The van der Waals surface area contributed by atoms with Gasteiger partial charge in [-0.1, -0.05) is 12.1 Å². The number of rotatable bonds is 3. The maximum Gasteiger partial charge on any atom is 0.161 e. The van der Waals surface area contributed by atoms with Crippen LogP contribution in [0.1, 0.15) is 5.56 Å². The lowest BCUT2D eigenvalue weighted by molar-refractivity contribution is 0.171. The summed E-state index contributed by atoms with van der Waals surface area (Å²) in [5.41, 5.74) is 2.85. The van der Waals surface area contributed by atoms with Gasteiger partial charge in [-0.3, -0.25) is 0 Å². The Labute approximate surface area is 117 Å². The van der Waals surface area contributed by atoms with Gasteiger partial charge in [-0.2, -0.15) is 0 Å². The number of hydrogen-bond donors (Lipinski definition) is 1. The van der Waals surface area contributed by atoms with Crippen molar-refractivity contribution in [3.05, 3.63) is 47.8 Å². The Morgan fingerprint density at radius 1 is 1.05 bits per heavy atom. The molecule has 2 aromatic rings. The van der Waals surface area contributed by atoms with Gasteiger partial charge in [-0.15, -0.1) is 0 Å². The molecule has 20 heavy (non-hydrogen) atoms. The highest BCUT2D eigenvalue weighted by atomic mass is 19.1. The predicted molar refractivity (Wildman–Crippen MR) is 75.6 cm³/mol. The van der Waals surface area contributed by atoms with E-state index in [2.05, 4.69) is 5.32 Å². The molecule has 2 aromatic carbocycles. The molecular weight excluding hydrogens is 257 g/mol. The second kappa shape index (κ2) is 5.51.